The summed E-state index contributed by atoms with van der Waals surface area (Å²) in [6.45, 7) is 4.50. The number of amides is 1. The summed E-state index contributed by atoms with van der Waals surface area (Å²) in [7, 11) is 0. The normalized spacial score (nSPS) is 10.7. The van der Waals surface area contributed by atoms with Crippen LogP contribution in [-0.4, -0.2) is 40.5 Å². The molecular weight excluding hydrogens is 428 g/mol. The number of carbonyl (C=O) groups excluding carboxylic acids is 1. The van der Waals surface area contributed by atoms with E-state index in [0.717, 1.165) is 5.56 Å². The van der Waals surface area contributed by atoms with E-state index >= 15 is 0 Å². The van der Waals surface area contributed by atoms with E-state index in [9.17, 15) is 14.4 Å². The second kappa shape index (κ2) is 11.3. The Morgan fingerprint density at radius 3 is 2.64 bits per heavy atom. The molecule has 0 unspecified atom stereocenters. The van der Waals surface area contributed by atoms with Gasteiger partial charge in [-0.2, -0.15) is 5.10 Å². The van der Waals surface area contributed by atoms with Crippen LogP contribution in [0.4, 0.5) is 5.82 Å². The molecule has 1 amide bonds. The number of aryl methyl sites for hydroxylation is 1. The van der Waals surface area contributed by atoms with Crippen LogP contribution < -0.4 is 31.5 Å². The monoisotopic (exact) mass is 452 g/mol. The first-order valence-electron chi connectivity index (χ1n) is 10.1. The molecule has 0 bridgehead atoms. The number of nitrogens with one attached hydrogen (secondary N) is 4. The molecule has 0 fully saturated rings. The third-order valence-corrected chi connectivity index (χ3v) is 4.31. The number of nitrogens with zero attached hydrogens (tertiary/aromatic N) is 2. The van der Waals surface area contributed by atoms with Crippen molar-refractivity contribution >= 4 is 17.9 Å². The highest BCUT2D eigenvalue weighted by molar-refractivity contribution is 5.84. The zero-order valence-electron chi connectivity index (χ0n) is 18.2. The summed E-state index contributed by atoms with van der Waals surface area (Å²) in [5.41, 5.74) is 3.78. The highest BCUT2D eigenvalue weighted by atomic mass is 16.5. The summed E-state index contributed by atoms with van der Waals surface area (Å²) in [6.07, 6.45) is 1.45. The van der Waals surface area contributed by atoms with Gasteiger partial charge in [-0.15, -0.1) is 5.10 Å². The Bertz CT molecular complexity index is 1230. The van der Waals surface area contributed by atoms with Gasteiger partial charge < -0.3 is 14.8 Å². The first-order valence-corrected chi connectivity index (χ1v) is 10.1. The van der Waals surface area contributed by atoms with Crippen molar-refractivity contribution in [3.63, 3.8) is 0 Å². The predicted molar refractivity (Wildman–Crippen MR) is 123 cm³/mol. The molecule has 0 atom stereocenters. The van der Waals surface area contributed by atoms with E-state index in [2.05, 4.69) is 26.0 Å². The first kappa shape index (κ1) is 23.3. The van der Waals surface area contributed by atoms with E-state index < -0.39 is 17.2 Å². The molecule has 0 radical (unpaired) electrons. The smallest absolute Gasteiger partial charge is 0.342 e. The molecule has 1 heterocycles. The van der Waals surface area contributed by atoms with Crippen molar-refractivity contribution < 1.29 is 14.3 Å². The molecule has 0 saturated carbocycles. The summed E-state index contributed by atoms with van der Waals surface area (Å²) in [6, 6.07) is 13.4. The lowest BCUT2D eigenvalue weighted by molar-refractivity contribution is -0.119. The van der Waals surface area contributed by atoms with Crippen molar-refractivity contribution in [1.82, 2.24) is 20.6 Å². The number of benzene rings is 2. The van der Waals surface area contributed by atoms with Gasteiger partial charge in [0.1, 0.15) is 6.61 Å². The van der Waals surface area contributed by atoms with E-state index in [0.29, 0.717) is 30.3 Å². The predicted octanol–water partition coefficient (Wildman–Crippen LogP) is 1.31. The SMILES string of the molecule is CCOc1cc(/C=N/NC(=O)CNc2n[nH]c(=O)[nH]c2=O)ccc1OCc1ccc(C)cc1. The number of hydrogen-bond donors (Lipinski definition) is 4. The lowest BCUT2D eigenvalue weighted by atomic mass is 10.2. The van der Waals surface area contributed by atoms with Crippen molar-refractivity contribution in [2.45, 2.75) is 20.5 Å². The molecule has 172 valence electrons. The molecule has 0 aliphatic heterocycles. The first-order chi connectivity index (χ1) is 15.9. The molecule has 4 N–H and O–H groups in total. The van der Waals surface area contributed by atoms with E-state index in [4.69, 9.17) is 9.47 Å². The zero-order chi connectivity index (χ0) is 23.6. The molecular formula is C22H24N6O5. The van der Waals surface area contributed by atoms with Gasteiger partial charge >= 0.3 is 5.69 Å². The third-order valence-electron chi connectivity index (χ3n) is 4.31. The van der Waals surface area contributed by atoms with Crippen LogP contribution in [-0.2, 0) is 11.4 Å². The van der Waals surface area contributed by atoms with E-state index in [1.165, 1.54) is 11.8 Å². The van der Waals surface area contributed by atoms with Gasteiger partial charge in [0.05, 0.1) is 19.4 Å². The number of carbonyl (C=O) groups is 1. The summed E-state index contributed by atoms with van der Waals surface area (Å²) in [5.74, 6) is 0.462. The minimum atomic E-state index is -0.738. The summed E-state index contributed by atoms with van der Waals surface area (Å²) in [4.78, 5) is 36.4. The topological polar surface area (TPSA) is 151 Å². The molecule has 1 aromatic heterocycles. The van der Waals surface area contributed by atoms with Crippen molar-refractivity contribution in [2.24, 2.45) is 5.10 Å². The largest absolute Gasteiger partial charge is 0.490 e. The Morgan fingerprint density at radius 2 is 1.91 bits per heavy atom. The number of ether oxygens (including phenoxy) is 2. The number of aromatic nitrogens is 3. The van der Waals surface area contributed by atoms with Crippen LogP contribution in [0.25, 0.3) is 0 Å². The third kappa shape index (κ3) is 7.06. The summed E-state index contributed by atoms with van der Waals surface area (Å²) in [5, 5.41) is 12.0. The highest BCUT2D eigenvalue weighted by Crippen LogP contribution is 2.29. The Morgan fingerprint density at radius 1 is 1.12 bits per heavy atom. The number of rotatable bonds is 10. The van der Waals surface area contributed by atoms with Gasteiger partial charge in [-0.05, 0) is 43.2 Å². The van der Waals surface area contributed by atoms with Crippen LogP contribution in [0.1, 0.15) is 23.6 Å². The average Bonchev–Trinajstić information content (AvgIpc) is 2.79. The van der Waals surface area contributed by atoms with Crippen LogP contribution in [0.5, 0.6) is 11.5 Å². The van der Waals surface area contributed by atoms with Crippen molar-refractivity contribution in [3.8, 4) is 11.5 Å². The van der Waals surface area contributed by atoms with Crippen LogP contribution in [0, 0.1) is 6.92 Å². The molecule has 0 spiro atoms. The fourth-order valence-corrected chi connectivity index (χ4v) is 2.69. The number of H-pyrrole nitrogens is 2. The summed E-state index contributed by atoms with van der Waals surface area (Å²) >= 11 is 0. The fraction of sp³-hybridized carbons (Fsp3) is 0.227. The standard InChI is InChI=1S/C22H24N6O5/c1-3-32-18-10-16(8-9-17(18)33-13-15-6-4-14(2)5-7-15)11-24-26-19(29)12-23-20-21(30)25-22(31)28-27-20/h4-11H,3,12-13H2,1-2H3,(H,23,27)(H,26,29)(H2,25,28,30,31)/b24-11+. The molecule has 11 heteroatoms. The van der Waals surface area contributed by atoms with Gasteiger partial charge in [-0.25, -0.2) is 15.3 Å². The maximum atomic E-state index is 11.9. The average molecular weight is 452 g/mol. The van der Waals surface area contributed by atoms with Crippen molar-refractivity contribution in [3.05, 3.63) is 80.0 Å². The van der Waals surface area contributed by atoms with E-state index in [1.54, 1.807) is 18.2 Å². The minimum absolute atomic E-state index is 0.184. The molecule has 0 aliphatic carbocycles. The van der Waals surface area contributed by atoms with Crippen molar-refractivity contribution in [1.29, 1.82) is 0 Å². The number of anilines is 1. The summed E-state index contributed by atoms with van der Waals surface area (Å²) < 4.78 is 11.6. The van der Waals surface area contributed by atoms with E-state index in [-0.39, 0.29) is 12.4 Å². The molecule has 0 saturated heterocycles. The Labute approximate surface area is 188 Å². The Balaban J connectivity index is 1.56. The second-order valence-electron chi connectivity index (χ2n) is 6.92. The van der Waals surface area contributed by atoms with Gasteiger partial charge in [0.25, 0.3) is 11.5 Å². The molecule has 0 aliphatic rings. The second-order valence-corrected chi connectivity index (χ2v) is 6.92. The number of hydrazone groups is 1. The maximum absolute atomic E-state index is 11.9. The van der Waals surface area contributed by atoms with Crippen LogP contribution in [0.2, 0.25) is 0 Å². The fourth-order valence-electron chi connectivity index (χ4n) is 2.69. The highest BCUT2D eigenvalue weighted by Gasteiger charge is 2.08. The van der Waals surface area contributed by atoms with Gasteiger partial charge in [-0.1, -0.05) is 29.8 Å². The van der Waals surface area contributed by atoms with Gasteiger partial charge in [0, 0.05) is 0 Å². The van der Waals surface area contributed by atoms with Gasteiger partial charge in [-0.3, -0.25) is 14.6 Å². The van der Waals surface area contributed by atoms with E-state index in [1.807, 2.05) is 43.1 Å². The number of aromatic amines is 2. The quantitative estimate of drug-likeness (QED) is 0.267. The molecule has 2 aromatic carbocycles. The zero-order valence-corrected chi connectivity index (χ0v) is 18.2. The lowest BCUT2D eigenvalue weighted by Gasteiger charge is -2.12. The minimum Gasteiger partial charge on any atom is -0.490 e. The van der Waals surface area contributed by atoms with Crippen LogP contribution in [0.3, 0.4) is 0 Å². The molecule has 11 nitrogen and oxygen atoms in total. The Hall–Kier alpha value is -4.41. The molecule has 33 heavy (non-hydrogen) atoms. The van der Waals surface area contributed by atoms with Gasteiger partial charge in [0.2, 0.25) is 5.82 Å². The number of hydrogen-bond acceptors (Lipinski definition) is 8. The van der Waals surface area contributed by atoms with Crippen LogP contribution in [0.15, 0.2) is 57.2 Å². The Kier molecular flexibility index (Phi) is 7.95. The molecule has 3 aromatic rings. The lowest BCUT2D eigenvalue weighted by Crippen LogP contribution is -2.31. The molecule has 3 rings (SSSR count). The van der Waals surface area contributed by atoms with Crippen LogP contribution >= 0.6 is 0 Å². The maximum Gasteiger partial charge on any atom is 0.342 e. The van der Waals surface area contributed by atoms with Crippen molar-refractivity contribution in [2.75, 3.05) is 18.5 Å². The van der Waals surface area contributed by atoms with Gasteiger partial charge in [0.15, 0.2) is 11.5 Å².